The molecule has 14 N–H and O–H groups in total. The van der Waals surface area contributed by atoms with Crippen LogP contribution in [0.3, 0.4) is 0 Å². The zero-order valence-electron chi connectivity index (χ0n) is 81.9. The summed E-state index contributed by atoms with van der Waals surface area (Å²) in [5.41, 5.74) is -0.00349. The summed E-state index contributed by atoms with van der Waals surface area (Å²) in [6, 6.07) is 1.58. The standard InChI is InChI=1S/C97H152F2N14O25/c1-9-21-86-137-81-60-71-72-59-74(98)73-58-69(114)32-35-94(73,4)96(72,99)79(115)61-95(71,5)97(81,138-86)80(116)62-107-93(125)136-63-67-28-30-68(31-29-67)108-89(121)77(26-20-37-106-92(100)124)110-91(123)87(66(2)3)111-90(122)76(109-83(118)34-43-127-47-51-131-55-57-133-53-49-129-45-40-105-84(119)64-134-70-22-14-11-10-12-15-23-70)25-18-19-36-103-85(120)65-135-78-27-17-13-16-24-75(88(78)112-101)102-39-44-128-48-52-132-56-54-130-50-46-126-42-33-82(117)104-38-41-113(6,7)8/h28-32,35,58,66,70-72,74,76-79,81,86-87,115H,9-14,16-22,24-27,33-34,36-57,59-65H2,1-8H3,(H12-,100,101,102,103,104,105,106,107,108,109,110,111,117,118,119,120,121,122,123,124,125)/p+1/t70?,71-,72-,74-,76+,77-,78?,79-,81+,86?,87-,94-,95-,96-,97+/m0/s1. The fraction of sp³-hybridized carbons (Fsp3) is 0.742. The van der Waals surface area contributed by atoms with E-state index in [1.807, 2.05) is 6.92 Å². The van der Waals surface area contributed by atoms with Gasteiger partial charge in [0.05, 0.1) is 171 Å². The molecule has 3 unspecified atom stereocenters. The first-order valence-electron chi connectivity index (χ1n) is 49.1. The van der Waals surface area contributed by atoms with Crippen molar-refractivity contribution in [3.63, 3.8) is 0 Å². The van der Waals surface area contributed by atoms with Crippen molar-refractivity contribution in [2.45, 2.75) is 249 Å². The smallest absolute Gasteiger partial charge is 0.407 e. The number of urea groups is 1. The summed E-state index contributed by atoms with van der Waals surface area (Å²) in [5.74, 6) is 5.24. The number of Topliss-reactive ketones (excluding diaryl/α,β-unsaturated/α-hetero) is 1. The molecule has 1 saturated heterocycles. The van der Waals surface area contributed by atoms with E-state index in [2.05, 4.69) is 85.9 Å². The lowest BCUT2D eigenvalue weighted by Crippen LogP contribution is -2.71. The number of aliphatic hydroxyl groups excluding tert-OH is 1. The molecular formula is C97H153F2N14O25+. The molecule has 1 aliphatic heterocycles. The number of unbranched alkanes of at least 4 members (excludes halogenated alkanes) is 1. The van der Waals surface area contributed by atoms with E-state index in [0.717, 1.165) is 68.5 Å². The van der Waals surface area contributed by atoms with Gasteiger partial charge < -0.3 is 131 Å². The minimum absolute atomic E-state index is 0.0282. The number of quaternary nitrogens is 1. The van der Waals surface area contributed by atoms with Crippen molar-refractivity contribution in [2.24, 2.45) is 50.3 Å². The fourth-order valence-electron chi connectivity index (χ4n) is 18.6. The Balaban J connectivity index is 0.796. The van der Waals surface area contributed by atoms with Gasteiger partial charge in [-0.1, -0.05) is 77.5 Å². The molecule has 15 atom stereocenters. The van der Waals surface area contributed by atoms with Crippen LogP contribution in [0, 0.1) is 40.4 Å². The lowest BCUT2D eigenvalue weighted by molar-refractivity contribution is -0.869. The van der Waals surface area contributed by atoms with Crippen molar-refractivity contribution >= 4 is 82.2 Å². The summed E-state index contributed by atoms with van der Waals surface area (Å²) in [7, 11) is 6.20. The lowest BCUT2D eigenvalue weighted by atomic mass is 9.44. The number of rotatable bonds is 63. The highest BCUT2D eigenvalue weighted by molar-refractivity contribution is 6.44. The number of fused-ring (bicyclic) bond motifs is 7. The molecule has 0 bridgehead atoms. The number of aliphatic hydroxyl groups is 1. The van der Waals surface area contributed by atoms with Crippen LogP contribution in [0.1, 0.15) is 181 Å². The van der Waals surface area contributed by atoms with Crippen LogP contribution in [0.2, 0.25) is 0 Å². The molecule has 0 spiro atoms. The topological polar surface area (TPSA) is 513 Å². The lowest BCUT2D eigenvalue weighted by Gasteiger charge is -2.63. The number of ether oxygens (including phenoxy) is 13. The summed E-state index contributed by atoms with van der Waals surface area (Å²) >= 11 is 0. The van der Waals surface area contributed by atoms with E-state index in [0.29, 0.717) is 148 Å². The molecule has 0 aromatic heterocycles. The van der Waals surface area contributed by atoms with Crippen LogP contribution in [-0.2, 0) is 111 Å². The Bertz CT molecular complexity index is 4250. The molecule has 41 heteroatoms. The maximum Gasteiger partial charge on any atom is 0.407 e. The number of anilines is 1. The summed E-state index contributed by atoms with van der Waals surface area (Å²) in [6.07, 6.45) is 6.65. The van der Waals surface area contributed by atoms with Gasteiger partial charge in [0.1, 0.15) is 62.0 Å². The summed E-state index contributed by atoms with van der Waals surface area (Å²) in [4.78, 5) is 152. The number of nitrogens with two attached hydrogens (primary N) is 2. The molecule has 39 nitrogen and oxygen atoms in total. The third-order valence-corrected chi connectivity index (χ3v) is 26.0. The van der Waals surface area contributed by atoms with Crippen LogP contribution in [0.25, 0.3) is 0 Å². The van der Waals surface area contributed by atoms with Crippen molar-refractivity contribution in [3.05, 3.63) is 53.6 Å². The molecule has 5 fully saturated rings. The van der Waals surface area contributed by atoms with E-state index in [1.54, 1.807) is 32.9 Å². The normalized spacial score (nSPS) is 25.1. The Morgan fingerprint density at radius 1 is 0.652 bits per heavy atom. The first-order valence-corrected chi connectivity index (χ1v) is 49.1. The number of hydrazone groups is 1. The van der Waals surface area contributed by atoms with Crippen molar-refractivity contribution < 1.29 is 133 Å². The van der Waals surface area contributed by atoms with Crippen LogP contribution < -0.4 is 59.4 Å². The Morgan fingerprint density at radius 2 is 1.25 bits per heavy atom. The molecule has 138 heavy (non-hydrogen) atoms. The van der Waals surface area contributed by atoms with Crippen molar-refractivity contribution in [2.75, 3.05) is 191 Å². The Hall–Kier alpha value is -9.13. The summed E-state index contributed by atoms with van der Waals surface area (Å²) < 4.78 is 111. The number of halogens is 2. The van der Waals surface area contributed by atoms with Gasteiger partial charge in [-0.3, -0.25) is 48.1 Å². The second-order valence-electron chi connectivity index (χ2n) is 37.6. The van der Waals surface area contributed by atoms with Gasteiger partial charge >= 0.3 is 12.1 Å². The van der Waals surface area contributed by atoms with Gasteiger partial charge in [0, 0.05) is 61.3 Å². The first kappa shape index (κ1) is 114. The van der Waals surface area contributed by atoms with E-state index in [-0.39, 0.29) is 146 Å². The molecule has 7 aliphatic rings. The molecule has 1 aromatic rings. The average molecular weight is 1950 g/mol. The molecule has 8 rings (SSSR count). The molecule has 0 radical (unpaired) electrons. The Morgan fingerprint density at radius 3 is 1.91 bits per heavy atom. The summed E-state index contributed by atoms with van der Waals surface area (Å²) in [5, 5.41) is 40.8. The van der Waals surface area contributed by atoms with Crippen LogP contribution in [0.4, 0.5) is 24.1 Å². The maximum absolute atomic E-state index is 18.1. The SMILES string of the molecule is CCCC1O[C@@H]2C[C@H]3[C@@H]4C[C@H](F)C5=CC(=O)C=C[C@]5(C)[C@@]4(F)[C@@H](O)C[C@]3(C)[C@]2(C(=O)CNC(=O)OCc2ccc(NC(=O)[C@H](CCCNC(N)=O)NC(=O)[C@@H](NC(=O)[C@@H](CCCCNC(=O)COC3CCCCCC(=NCCOCCOCCOCCOCCC(=O)NCC[N+](C)(C)C)/C3=N\N)NC(=O)CCOCCOCCOCCOCCNC(=O)COC3C#CCCCCC3)C(C)C)cc2)O1. The van der Waals surface area contributed by atoms with Crippen molar-refractivity contribution in [3.8, 4) is 11.8 Å². The van der Waals surface area contributed by atoms with Gasteiger partial charge in [-0.05, 0) is 150 Å². The first-order chi connectivity index (χ1) is 66.2. The number of carbonyl (C=O) groups excluding carboxylic acids is 11. The van der Waals surface area contributed by atoms with Crippen LogP contribution in [-0.4, -0.2) is 338 Å². The number of amides is 10. The molecule has 1 heterocycles. The van der Waals surface area contributed by atoms with E-state index in [4.69, 9.17) is 78.1 Å². The van der Waals surface area contributed by atoms with Gasteiger partial charge in [-0.15, -0.1) is 5.92 Å². The number of nitrogens with one attached hydrogen (secondary N) is 9. The van der Waals surface area contributed by atoms with E-state index in [9.17, 15) is 57.8 Å². The zero-order chi connectivity index (χ0) is 99.9. The van der Waals surface area contributed by atoms with Crippen molar-refractivity contribution in [1.29, 1.82) is 0 Å². The number of alkyl halides is 2. The number of hydrogen-bond donors (Lipinski definition) is 12. The molecule has 6 aliphatic carbocycles. The van der Waals surface area contributed by atoms with Gasteiger partial charge in [-0.25, -0.2) is 18.4 Å². The number of nitrogens with zero attached hydrogens (tertiary/aromatic N) is 3. The van der Waals surface area contributed by atoms with Crippen LogP contribution in [0.15, 0.2) is 58.2 Å². The highest BCUT2D eigenvalue weighted by atomic mass is 19.1. The van der Waals surface area contributed by atoms with E-state index >= 15 is 8.78 Å². The van der Waals surface area contributed by atoms with E-state index < -0.39 is 149 Å². The molecule has 1 aromatic carbocycles. The number of hydrogen-bond acceptors (Lipinski definition) is 28. The van der Waals surface area contributed by atoms with Crippen LogP contribution >= 0.6 is 0 Å². The number of carbonyl (C=O) groups is 11. The Kier molecular flexibility index (Phi) is 49.3. The number of aliphatic imine (C=N–C) groups is 1. The van der Waals surface area contributed by atoms with Crippen LogP contribution in [0.5, 0.6) is 0 Å². The van der Waals surface area contributed by atoms with Crippen molar-refractivity contribution in [1.82, 2.24) is 42.5 Å². The minimum atomic E-state index is -2.42. The van der Waals surface area contributed by atoms with E-state index in [1.165, 1.54) is 31.2 Å². The highest BCUT2D eigenvalue weighted by Crippen LogP contribution is 2.72. The second kappa shape index (κ2) is 59.6. The average Bonchev–Trinajstić information content (AvgIpc) is 1.47. The second-order valence-corrected chi connectivity index (χ2v) is 37.6. The predicted octanol–water partition coefficient (Wildman–Crippen LogP) is 4.78. The molecule has 774 valence electrons. The highest BCUT2D eigenvalue weighted by Gasteiger charge is 2.80. The monoisotopic (exact) mass is 1950 g/mol. The summed E-state index contributed by atoms with van der Waals surface area (Å²) in [6.45, 7) is 14.0. The fourth-order valence-corrected chi connectivity index (χ4v) is 18.6. The van der Waals surface area contributed by atoms with Gasteiger partial charge in [0.15, 0.2) is 29.1 Å². The Labute approximate surface area is 809 Å². The zero-order valence-corrected chi connectivity index (χ0v) is 81.9. The number of primary amides is 1. The largest absolute Gasteiger partial charge is 0.445 e. The third kappa shape index (κ3) is 36.1. The maximum atomic E-state index is 18.1. The number of allylic oxidation sites excluding steroid dienone is 4. The molecular weight excluding hydrogens is 1800 g/mol. The van der Waals surface area contributed by atoms with Gasteiger partial charge in [-0.2, -0.15) is 5.10 Å². The molecule has 4 saturated carbocycles. The number of benzene rings is 1. The quantitative estimate of drug-likeness (QED) is 0.0137. The van der Waals surface area contributed by atoms with Gasteiger partial charge in [0.25, 0.3) is 0 Å². The van der Waals surface area contributed by atoms with Gasteiger partial charge in [0.2, 0.25) is 41.4 Å². The minimum Gasteiger partial charge on any atom is -0.445 e. The number of alkyl carbamates (subject to hydrolysis) is 1. The number of ketones is 2. The molecule has 10 amide bonds. The predicted molar refractivity (Wildman–Crippen MR) is 506 cm³/mol. The number of likely N-dealkylation sites (N-methyl/N-ethyl adjacent to an activating group) is 1. The third-order valence-electron chi connectivity index (χ3n) is 26.0.